The second kappa shape index (κ2) is 5.12. The van der Waals surface area contributed by atoms with Crippen molar-refractivity contribution < 1.29 is 12.8 Å². The molecule has 1 rings (SSSR count). The van der Waals surface area contributed by atoms with Crippen molar-refractivity contribution in [1.82, 2.24) is 4.31 Å². The summed E-state index contributed by atoms with van der Waals surface area (Å²) in [6, 6.07) is 3.75. The maximum absolute atomic E-state index is 13.5. The van der Waals surface area contributed by atoms with E-state index in [4.69, 9.17) is 5.73 Å². The standard InChI is InChI=1S/C11H17FN2O2S/c1-8(2)14(3)17(15,16)11-6-4-5-10(12)9(11)7-13/h4-6,8H,7,13H2,1-3H3. The van der Waals surface area contributed by atoms with Crippen LogP contribution in [0.3, 0.4) is 0 Å². The predicted molar refractivity (Wildman–Crippen MR) is 64.4 cm³/mol. The van der Waals surface area contributed by atoms with Crippen molar-refractivity contribution in [2.75, 3.05) is 7.05 Å². The van der Waals surface area contributed by atoms with E-state index < -0.39 is 15.8 Å². The fourth-order valence-corrected chi connectivity index (χ4v) is 3.02. The van der Waals surface area contributed by atoms with E-state index in [0.717, 1.165) is 0 Å². The fourth-order valence-electron chi connectivity index (χ4n) is 1.41. The van der Waals surface area contributed by atoms with Crippen LogP contribution in [-0.2, 0) is 16.6 Å². The highest BCUT2D eigenvalue weighted by molar-refractivity contribution is 7.89. The number of benzene rings is 1. The molecule has 2 N–H and O–H groups in total. The molecule has 0 unspecified atom stereocenters. The van der Waals surface area contributed by atoms with E-state index in [2.05, 4.69) is 0 Å². The summed E-state index contributed by atoms with van der Waals surface area (Å²) < 4.78 is 39.1. The first-order chi connectivity index (χ1) is 7.82. The Morgan fingerprint density at radius 2 is 2.00 bits per heavy atom. The number of hydrogen-bond acceptors (Lipinski definition) is 3. The lowest BCUT2D eigenvalue weighted by Gasteiger charge is -2.22. The van der Waals surface area contributed by atoms with Gasteiger partial charge in [-0.3, -0.25) is 0 Å². The Kier molecular flexibility index (Phi) is 4.24. The average Bonchev–Trinajstić information content (AvgIpc) is 2.27. The minimum absolute atomic E-state index is 0.0278. The van der Waals surface area contributed by atoms with Crippen molar-refractivity contribution in [1.29, 1.82) is 0 Å². The molecule has 0 aromatic heterocycles. The van der Waals surface area contributed by atoms with Crippen LogP contribution in [0.5, 0.6) is 0 Å². The molecule has 0 aliphatic carbocycles. The summed E-state index contributed by atoms with van der Waals surface area (Å²) in [6.07, 6.45) is 0. The molecule has 0 spiro atoms. The average molecular weight is 260 g/mol. The molecular formula is C11H17FN2O2S. The Bertz CT molecular complexity index is 500. The SMILES string of the molecule is CC(C)N(C)S(=O)(=O)c1cccc(F)c1CN. The van der Waals surface area contributed by atoms with Crippen LogP contribution >= 0.6 is 0 Å². The molecule has 4 nitrogen and oxygen atoms in total. The molecule has 0 saturated carbocycles. The van der Waals surface area contributed by atoms with Gasteiger partial charge in [0.1, 0.15) is 5.82 Å². The summed E-state index contributed by atoms with van der Waals surface area (Å²) in [6.45, 7) is 3.35. The molecule has 17 heavy (non-hydrogen) atoms. The van der Waals surface area contributed by atoms with E-state index in [1.807, 2.05) is 0 Å². The first-order valence-electron chi connectivity index (χ1n) is 5.27. The summed E-state index contributed by atoms with van der Waals surface area (Å²) in [5, 5.41) is 0. The Hall–Kier alpha value is -0.980. The second-order valence-electron chi connectivity index (χ2n) is 4.04. The lowest BCUT2D eigenvalue weighted by Crippen LogP contribution is -2.34. The normalized spacial score (nSPS) is 12.4. The molecule has 0 radical (unpaired) electrons. The van der Waals surface area contributed by atoms with Gasteiger partial charge < -0.3 is 5.73 Å². The first-order valence-corrected chi connectivity index (χ1v) is 6.72. The number of nitrogens with two attached hydrogens (primary N) is 1. The second-order valence-corrected chi connectivity index (χ2v) is 6.00. The van der Waals surface area contributed by atoms with Crippen molar-refractivity contribution >= 4 is 10.0 Å². The van der Waals surface area contributed by atoms with E-state index in [-0.39, 0.29) is 23.0 Å². The van der Waals surface area contributed by atoms with Gasteiger partial charge in [-0.2, -0.15) is 4.31 Å². The minimum atomic E-state index is -3.69. The summed E-state index contributed by atoms with van der Waals surface area (Å²) in [5.74, 6) is -0.592. The molecule has 1 aromatic carbocycles. The van der Waals surface area contributed by atoms with E-state index in [0.29, 0.717) is 0 Å². The van der Waals surface area contributed by atoms with Crippen LogP contribution in [0.15, 0.2) is 23.1 Å². The van der Waals surface area contributed by atoms with Gasteiger partial charge in [0.15, 0.2) is 0 Å². The highest BCUT2D eigenvalue weighted by Gasteiger charge is 2.26. The number of halogens is 1. The van der Waals surface area contributed by atoms with Crippen LogP contribution < -0.4 is 5.73 Å². The van der Waals surface area contributed by atoms with Crippen LogP contribution in [0.25, 0.3) is 0 Å². The molecule has 96 valence electrons. The van der Waals surface area contributed by atoms with Crippen molar-refractivity contribution in [3.8, 4) is 0 Å². The number of nitrogens with zero attached hydrogens (tertiary/aromatic N) is 1. The molecule has 0 fully saturated rings. The molecule has 0 atom stereocenters. The van der Waals surface area contributed by atoms with Crippen molar-refractivity contribution in [2.24, 2.45) is 5.73 Å². The largest absolute Gasteiger partial charge is 0.326 e. The van der Waals surface area contributed by atoms with Gasteiger partial charge in [0.2, 0.25) is 10.0 Å². The molecule has 0 saturated heterocycles. The molecule has 0 aliphatic rings. The lowest BCUT2D eigenvalue weighted by molar-refractivity contribution is 0.409. The quantitative estimate of drug-likeness (QED) is 0.888. The van der Waals surface area contributed by atoms with Gasteiger partial charge in [0.05, 0.1) is 4.90 Å². The minimum Gasteiger partial charge on any atom is -0.326 e. The Labute approximate surface area is 101 Å². The number of rotatable bonds is 4. The third-order valence-corrected chi connectivity index (χ3v) is 4.78. The fraction of sp³-hybridized carbons (Fsp3) is 0.455. The highest BCUT2D eigenvalue weighted by Crippen LogP contribution is 2.22. The zero-order chi connectivity index (χ0) is 13.2. The Morgan fingerprint density at radius 3 is 2.47 bits per heavy atom. The van der Waals surface area contributed by atoms with Crippen LogP contribution in [0.1, 0.15) is 19.4 Å². The van der Waals surface area contributed by atoms with E-state index in [1.165, 1.54) is 29.6 Å². The van der Waals surface area contributed by atoms with E-state index in [9.17, 15) is 12.8 Å². The van der Waals surface area contributed by atoms with E-state index in [1.54, 1.807) is 13.8 Å². The van der Waals surface area contributed by atoms with Gasteiger partial charge in [-0.15, -0.1) is 0 Å². The van der Waals surface area contributed by atoms with Crippen molar-refractivity contribution in [3.63, 3.8) is 0 Å². The molecule has 0 aliphatic heterocycles. The Balaban J connectivity index is 3.39. The monoisotopic (exact) mass is 260 g/mol. The van der Waals surface area contributed by atoms with Gasteiger partial charge in [-0.25, -0.2) is 12.8 Å². The molecular weight excluding hydrogens is 243 g/mol. The van der Waals surface area contributed by atoms with Gasteiger partial charge in [0.25, 0.3) is 0 Å². The first kappa shape index (κ1) is 14.1. The van der Waals surface area contributed by atoms with Crippen LogP contribution in [0.4, 0.5) is 4.39 Å². The molecule has 0 heterocycles. The number of hydrogen-bond donors (Lipinski definition) is 1. The van der Waals surface area contributed by atoms with Gasteiger partial charge in [-0.1, -0.05) is 6.07 Å². The summed E-state index contributed by atoms with van der Waals surface area (Å²) in [5.41, 5.74) is 5.43. The van der Waals surface area contributed by atoms with E-state index >= 15 is 0 Å². The molecule has 1 aromatic rings. The van der Waals surface area contributed by atoms with Crippen LogP contribution in [0, 0.1) is 5.82 Å². The maximum Gasteiger partial charge on any atom is 0.243 e. The summed E-state index contributed by atoms with van der Waals surface area (Å²) in [7, 11) is -2.23. The van der Waals surface area contributed by atoms with Gasteiger partial charge >= 0.3 is 0 Å². The molecule has 6 heteroatoms. The smallest absolute Gasteiger partial charge is 0.243 e. The van der Waals surface area contributed by atoms with Crippen LogP contribution in [-0.4, -0.2) is 25.8 Å². The third kappa shape index (κ3) is 2.65. The van der Waals surface area contributed by atoms with Crippen molar-refractivity contribution in [2.45, 2.75) is 31.3 Å². The number of sulfonamides is 1. The maximum atomic E-state index is 13.5. The molecule has 0 amide bonds. The van der Waals surface area contributed by atoms with Crippen LogP contribution in [0.2, 0.25) is 0 Å². The highest BCUT2D eigenvalue weighted by atomic mass is 32.2. The topological polar surface area (TPSA) is 63.4 Å². The third-order valence-electron chi connectivity index (χ3n) is 2.66. The molecule has 0 bridgehead atoms. The van der Waals surface area contributed by atoms with Gasteiger partial charge in [-0.05, 0) is 26.0 Å². The summed E-state index contributed by atoms with van der Waals surface area (Å²) in [4.78, 5) is -0.0591. The van der Waals surface area contributed by atoms with Crippen molar-refractivity contribution in [3.05, 3.63) is 29.6 Å². The van der Waals surface area contributed by atoms with Gasteiger partial charge in [0, 0.05) is 25.2 Å². The lowest BCUT2D eigenvalue weighted by atomic mass is 10.2. The Morgan fingerprint density at radius 1 is 1.41 bits per heavy atom. The zero-order valence-electron chi connectivity index (χ0n) is 10.1. The summed E-state index contributed by atoms with van der Waals surface area (Å²) >= 11 is 0. The predicted octanol–water partition coefficient (Wildman–Crippen LogP) is 1.31. The zero-order valence-corrected chi connectivity index (χ0v) is 11.0.